The van der Waals surface area contributed by atoms with E-state index in [0.29, 0.717) is 12.5 Å². The largest absolute Gasteiger partial charge is 0.469 e. The summed E-state index contributed by atoms with van der Waals surface area (Å²) in [5.74, 6) is -1.14. The summed E-state index contributed by atoms with van der Waals surface area (Å²) in [6.45, 7) is 22.9. The van der Waals surface area contributed by atoms with Crippen molar-refractivity contribution in [1.82, 2.24) is 0 Å². The fraction of sp³-hybridized carbons (Fsp3) is 0.789. The fourth-order valence-corrected chi connectivity index (χ4v) is 17.2. The Morgan fingerprint density at radius 1 is 0.733 bits per heavy atom. The van der Waals surface area contributed by atoms with E-state index in [4.69, 9.17) is 21.8 Å². The predicted octanol–water partition coefficient (Wildman–Crippen LogP) is 4.92. The smallest absolute Gasteiger partial charge is 0.463 e. The second-order valence-electron chi connectivity index (χ2n) is 10.4. The second kappa shape index (κ2) is 11.9. The number of ether oxygens (including phenoxy) is 2. The quantitative estimate of drug-likeness (QED) is 0.155. The Balaban J connectivity index is 5.09. The number of esters is 2. The van der Waals surface area contributed by atoms with E-state index < -0.39 is 45.7 Å². The van der Waals surface area contributed by atoms with Crippen LogP contribution >= 0.6 is 0 Å². The molecule has 0 aliphatic rings. The minimum absolute atomic E-state index is 0.205. The summed E-state index contributed by atoms with van der Waals surface area (Å²) >= 11 is 0. The lowest BCUT2D eigenvalue weighted by Crippen LogP contribution is -2.60. The summed E-state index contributed by atoms with van der Waals surface area (Å²) in [4.78, 5) is 23.3. The van der Waals surface area contributed by atoms with Gasteiger partial charge >= 0.3 is 20.7 Å². The molecule has 0 saturated heterocycles. The molecule has 0 fully saturated rings. The average Bonchev–Trinajstić information content (AvgIpc) is 2.43. The van der Waals surface area contributed by atoms with Gasteiger partial charge in [-0.3, -0.25) is 0 Å². The van der Waals surface area contributed by atoms with Gasteiger partial charge in [0, 0.05) is 18.2 Å². The first kappa shape index (κ1) is 29.4. The van der Waals surface area contributed by atoms with E-state index in [1.807, 2.05) is 0 Å². The van der Waals surface area contributed by atoms with Crippen molar-refractivity contribution >= 4 is 45.7 Å². The van der Waals surface area contributed by atoms with Crippen LogP contribution in [0.4, 0.5) is 0 Å². The molecule has 0 N–H and O–H groups in total. The van der Waals surface area contributed by atoms with Gasteiger partial charge in [-0.15, -0.1) is 0 Å². The molecular weight excluding hydrogens is 453 g/mol. The van der Waals surface area contributed by atoms with Crippen LogP contribution < -0.4 is 0 Å². The van der Waals surface area contributed by atoms with Gasteiger partial charge in [0.05, 0.1) is 12.7 Å². The molecule has 0 aliphatic carbocycles. The highest BCUT2D eigenvalue weighted by Gasteiger charge is 2.49. The lowest BCUT2D eigenvalue weighted by Gasteiger charge is -2.42. The molecule has 30 heavy (non-hydrogen) atoms. The zero-order chi connectivity index (χ0) is 23.8. The van der Waals surface area contributed by atoms with Gasteiger partial charge in [-0.2, -0.15) is 0 Å². The predicted molar refractivity (Wildman–Crippen MR) is 130 cm³/mol. The van der Waals surface area contributed by atoms with Gasteiger partial charge in [-0.05, 0) is 79.2 Å². The normalized spacial score (nSPS) is 13.7. The molecule has 0 heterocycles. The number of hydrogen-bond acceptors (Lipinski definition) is 7. The first-order valence-corrected chi connectivity index (χ1v) is 22.6. The molecule has 0 aromatic carbocycles. The van der Waals surface area contributed by atoms with Crippen LogP contribution in [0.25, 0.3) is 0 Å². The minimum atomic E-state index is -2.93. The van der Waals surface area contributed by atoms with Crippen molar-refractivity contribution in [3.63, 3.8) is 0 Å². The molecular formula is C19H42O7Si4. The monoisotopic (exact) mass is 494 g/mol. The Morgan fingerprint density at radius 3 is 1.50 bits per heavy atom. The molecule has 0 amide bonds. The first-order chi connectivity index (χ1) is 13.3. The van der Waals surface area contributed by atoms with Crippen molar-refractivity contribution < 1.29 is 31.4 Å². The molecule has 0 spiro atoms. The third kappa shape index (κ3) is 16.2. The molecule has 0 atom stereocenters. The average molecular weight is 495 g/mol. The SMILES string of the molecule is CC(C)OC(=O)C=CC(=O)OCCC[Si](O[Si](C)(C)C)(O[Si](C)(C)C)O[Si](C)(C)C. The third-order valence-corrected chi connectivity index (χ3v) is 15.0. The molecule has 0 aromatic rings. The van der Waals surface area contributed by atoms with Gasteiger partial charge in [-0.25, -0.2) is 9.59 Å². The molecule has 176 valence electrons. The third-order valence-electron chi connectivity index (χ3n) is 2.96. The highest BCUT2D eigenvalue weighted by atomic mass is 28.5. The van der Waals surface area contributed by atoms with E-state index in [2.05, 4.69) is 58.9 Å². The van der Waals surface area contributed by atoms with Gasteiger partial charge in [0.1, 0.15) is 0 Å². The maximum atomic E-state index is 11.9. The Kier molecular flexibility index (Phi) is 11.7. The minimum Gasteiger partial charge on any atom is -0.463 e. The summed E-state index contributed by atoms with van der Waals surface area (Å²) in [5, 5.41) is 0. The highest BCUT2D eigenvalue weighted by molar-refractivity contribution is 6.90. The van der Waals surface area contributed by atoms with Crippen molar-refractivity contribution in [2.24, 2.45) is 0 Å². The van der Waals surface area contributed by atoms with Gasteiger partial charge in [-0.1, -0.05) is 0 Å². The number of carbonyl (C=O) groups excluding carboxylic acids is 2. The molecule has 0 rings (SSSR count). The van der Waals surface area contributed by atoms with E-state index >= 15 is 0 Å². The molecule has 0 aromatic heterocycles. The van der Waals surface area contributed by atoms with Crippen LogP contribution in [0, 0.1) is 0 Å². The number of carbonyl (C=O) groups is 2. The van der Waals surface area contributed by atoms with Crippen LogP contribution in [0.15, 0.2) is 12.2 Å². The molecule has 11 heteroatoms. The van der Waals surface area contributed by atoms with E-state index in [-0.39, 0.29) is 12.7 Å². The van der Waals surface area contributed by atoms with Gasteiger partial charge in [0.15, 0.2) is 25.0 Å². The molecule has 0 unspecified atom stereocenters. The van der Waals surface area contributed by atoms with Crippen LogP contribution in [0.3, 0.4) is 0 Å². The van der Waals surface area contributed by atoms with E-state index in [1.165, 1.54) is 0 Å². The van der Waals surface area contributed by atoms with Crippen LogP contribution in [0.1, 0.15) is 20.3 Å². The topological polar surface area (TPSA) is 80.3 Å². The zero-order valence-corrected chi connectivity index (χ0v) is 24.7. The van der Waals surface area contributed by atoms with Crippen LogP contribution in [-0.2, 0) is 31.4 Å². The lowest BCUT2D eigenvalue weighted by atomic mass is 10.4. The standard InChI is InChI=1S/C19H42O7Si4/c1-17(2)23-19(21)14-13-18(20)22-15-12-16-30(24-27(3,4)5,25-28(6,7)8)26-29(9,10)11/h13-14,17H,12,15-16H2,1-11H3. The lowest BCUT2D eigenvalue weighted by molar-refractivity contribution is -0.142. The highest BCUT2D eigenvalue weighted by Crippen LogP contribution is 2.29. The first-order valence-electron chi connectivity index (χ1n) is 10.5. The van der Waals surface area contributed by atoms with Crippen LogP contribution in [-0.4, -0.2) is 58.4 Å². The van der Waals surface area contributed by atoms with E-state index in [0.717, 1.165) is 12.2 Å². The van der Waals surface area contributed by atoms with E-state index in [9.17, 15) is 9.59 Å². The summed E-state index contributed by atoms with van der Waals surface area (Å²) < 4.78 is 29.9. The van der Waals surface area contributed by atoms with Gasteiger partial charge in [0.25, 0.3) is 0 Å². The Morgan fingerprint density at radius 2 is 1.13 bits per heavy atom. The second-order valence-corrected chi connectivity index (χ2v) is 27.4. The summed E-state index contributed by atoms with van der Waals surface area (Å²) in [5.41, 5.74) is 0. The van der Waals surface area contributed by atoms with Crippen molar-refractivity contribution in [3.05, 3.63) is 12.2 Å². The van der Waals surface area contributed by atoms with Crippen molar-refractivity contribution in [2.75, 3.05) is 6.61 Å². The molecule has 0 saturated carbocycles. The molecule has 0 aliphatic heterocycles. The van der Waals surface area contributed by atoms with Gasteiger partial charge < -0.3 is 21.8 Å². The van der Waals surface area contributed by atoms with E-state index in [1.54, 1.807) is 13.8 Å². The summed E-state index contributed by atoms with van der Waals surface area (Å²) in [6.07, 6.45) is 2.51. The summed E-state index contributed by atoms with van der Waals surface area (Å²) in [7, 11) is -8.71. The molecule has 0 radical (unpaired) electrons. The number of rotatable bonds is 13. The van der Waals surface area contributed by atoms with Crippen LogP contribution in [0.5, 0.6) is 0 Å². The molecule has 7 nitrogen and oxygen atoms in total. The molecule has 0 bridgehead atoms. The van der Waals surface area contributed by atoms with Crippen molar-refractivity contribution in [3.8, 4) is 0 Å². The van der Waals surface area contributed by atoms with Crippen molar-refractivity contribution in [1.29, 1.82) is 0 Å². The fourth-order valence-electron chi connectivity index (χ4n) is 2.53. The maximum Gasteiger partial charge on any atom is 0.469 e. The van der Waals surface area contributed by atoms with Crippen molar-refractivity contribution in [2.45, 2.75) is 91.3 Å². The zero-order valence-electron chi connectivity index (χ0n) is 20.7. The Labute approximate surface area is 187 Å². The van der Waals surface area contributed by atoms with Gasteiger partial charge in [0.2, 0.25) is 0 Å². The Hall–Kier alpha value is -0.572. The summed E-state index contributed by atoms with van der Waals surface area (Å²) in [6, 6.07) is 0.595. The maximum absolute atomic E-state index is 11.9. The Bertz CT molecular complexity index is 546. The number of hydrogen-bond donors (Lipinski definition) is 0. The van der Waals surface area contributed by atoms with Crippen LogP contribution in [0.2, 0.25) is 65.0 Å².